The van der Waals surface area contributed by atoms with E-state index in [4.69, 9.17) is 0 Å². The number of fused-ring (bicyclic) bond motifs is 1. The maximum absolute atomic E-state index is 12.3. The Morgan fingerprint density at radius 1 is 0.909 bits per heavy atom. The molecule has 22 heavy (non-hydrogen) atoms. The van der Waals surface area contributed by atoms with Crippen molar-refractivity contribution in [2.24, 2.45) is 0 Å². The highest BCUT2D eigenvalue weighted by Crippen LogP contribution is 2.19. The van der Waals surface area contributed by atoms with Gasteiger partial charge in [0.15, 0.2) is 0 Å². The Balaban J connectivity index is 1.74. The molecule has 0 aliphatic heterocycles. The molecule has 0 fully saturated rings. The summed E-state index contributed by atoms with van der Waals surface area (Å²) in [7, 11) is 0. The quantitative estimate of drug-likeness (QED) is 0.764. The number of carbonyl (C=O) groups excluding carboxylic acids is 1. The number of hydrogen-bond acceptors (Lipinski definition) is 1. The molecule has 0 radical (unpaired) electrons. The Bertz CT molecular complexity index is 775. The van der Waals surface area contributed by atoms with Crippen molar-refractivity contribution < 1.29 is 4.79 Å². The van der Waals surface area contributed by atoms with Gasteiger partial charge in [-0.1, -0.05) is 72.8 Å². The van der Waals surface area contributed by atoms with Gasteiger partial charge in [0.2, 0.25) is 5.91 Å². The third-order valence-electron chi connectivity index (χ3n) is 3.91. The maximum Gasteiger partial charge on any atom is 0.224 e. The van der Waals surface area contributed by atoms with Crippen LogP contribution in [0.3, 0.4) is 0 Å². The van der Waals surface area contributed by atoms with Crippen LogP contribution in [0.2, 0.25) is 0 Å². The first-order chi connectivity index (χ1) is 10.7. The molecule has 0 saturated heterocycles. The van der Waals surface area contributed by atoms with Gasteiger partial charge in [0.05, 0.1) is 12.5 Å². The molecule has 0 saturated carbocycles. The molecule has 0 bridgehead atoms. The zero-order chi connectivity index (χ0) is 15.4. The molecule has 0 spiro atoms. The highest BCUT2D eigenvalue weighted by Gasteiger charge is 2.11. The average molecular weight is 289 g/mol. The molecule has 0 aliphatic rings. The molecule has 0 aliphatic carbocycles. The van der Waals surface area contributed by atoms with Crippen molar-refractivity contribution in [1.82, 2.24) is 5.32 Å². The molecule has 3 aromatic carbocycles. The number of benzene rings is 3. The van der Waals surface area contributed by atoms with E-state index in [1.165, 1.54) is 5.39 Å². The molecule has 2 heteroatoms. The fraction of sp³-hybridized carbons (Fsp3) is 0.150. The van der Waals surface area contributed by atoms with Crippen LogP contribution in [0.25, 0.3) is 10.8 Å². The van der Waals surface area contributed by atoms with E-state index in [0.29, 0.717) is 6.42 Å². The summed E-state index contributed by atoms with van der Waals surface area (Å²) in [5.74, 6) is 0.0488. The Morgan fingerprint density at radius 3 is 2.41 bits per heavy atom. The predicted molar refractivity (Wildman–Crippen MR) is 90.7 cm³/mol. The lowest BCUT2D eigenvalue weighted by atomic mass is 10.0. The Hall–Kier alpha value is -2.61. The van der Waals surface area contributed by atoms with Crippen molar-refractivity contribution in [2.75, 3.05) is 0 Å². The van der Waals surface area contributed by atoms with Crippen molar-refractivity contribution in [1.29, 1.82) is 0 Å². The minimum atomic E-state index is 0.0173. The Labute approximate surface area is 130 Å². The van der Waals surface area contributed by atoms with Gasteiger partial charge in [-0.3, -0.25) is 4.79 Å². The monoisotopic (exact) mass is 289 g/mol. The molecule has 110 valence electrons. The predicted octanol–water partition coefficient (Wildman–Crippen LogP) is 4.26. The highest BCUT2D eigenvalue weighted by molar-refractivity contribution is 5.90. The SMILES string of the molecule is C[C@@H](NC(=O)Cc1cccc2ccccc12)c1ccccc1. The van der Waals surface area contributed by atoms with E-state index in [2.05, 4.69) is 23.5 Å². The minimum Gasteiger partial charge on any atom is -0.349 e. The Morgan fingerprint density at radius 2 is 1.59 bits per heavy atom. The third kappa shape index (κ3) is 3.17. The molecule has 1 N–H and O–H groups in total. The molecule has 1 amide bonds. The minimum absolute atomic E-state index is 0.0173. The van der Waals surface area contributed by atoms with Crippen molar-refractivity contribution in [3.05, 3.63) is 83.9 Å². The van der Waals surface area contributed by atoms with Crippen LogP contribution in [0.1, 0.15) is 24.1 Å². The summed E-state index contributed by atoms with van der Waals surface area (Å²) in [6, 6.07) is 24.3. The maximum atomic E-state index is 12.3. The smallest absolute Gasteiger partial charge is 0.224 e. The van der Waals surface area contributed by atoms with Crippen molar-refractivity contribution in [3.63, 3.8) is 0 Å². The molecule has 0 unspecified atom stereocenters. The number of carbonyl (C=O) groups is 1. The van der Waals surface area contributed by atoms with Gasteiger partial charge in [0, 0.05) is 0 Å². The summed E-state index contributed by atoms with van der Waals surface area (Å²) in [6.45, 7) is 2.01. The van der Waals surface area contributed by atoms with E-state index >= 15 is 0 Å². The van der Waals surface area contributed by atoms with Crippen LogP contribution >= 0.6 is 0 Å². The van der Waals surface area contributed by atoms with Crippen LogP contribution < -0.4 is 5.32 Å². The van der Waals surface area contributed by atoms with E-state index in [9.17, 15) is 4.79 Å². The fourth-order valence-corrected chi connectivity index (χ4v) is 2.74. The normalized spacial score (nSPS) is 12.0. The number of hydrogen-bond donors (Lipinski definition) is 1. The summed E-state index contributed by atoms with van der Waals surface area (Å²) in [5, 5.41) is 5.39. The zero-order valence-electron chi connectivity index (χ0n) is 12.6. The van der Waals surface area contributed by atoms with Crippen LogP contribution in [0.4, 0.5) is 0 Å². The summed E-state index contributed by atoms with van der Waals surface area (Å²) >= 11 is 0. The van der Waals surface area contributed by atoms with Gasteiger partial charge in [-0.15, -0.1) is 0 Å². The molecule has 1 atom stereocenters. The van der Waals surface area contributed by atoms with Gasteiger partial charge in [-0.05, 0) is 28.8 Å². The van der Waals surface area contributed by atoms with Gasteiger partial charge in [-0.2, -0.15) is 0 Å². The summed E-state index contributed by atoms with van der Waals surface area (Å²) in [5.41, 5.74) is 2.18. The molecule has 3 rings (SSSR count). The Kier molecular flexibility index (Phi) is 4.19. The summed E-state index contributed by atoms with van der Waals surface area (Å²) in [4.78, 5) is 12.3. The van der Waals surface area contributed by atoms with E-state index in [1.807, 2.05) is 61.5 Å². The summed E-state index contributed by atoms with van der Waals surface area (Å²) < 4.78 is 0. The van der Waals surface area contributed by atoms with E-state index in [1.54, 1.807) is 0 Å². The second-order valence-electron chi connectivity index (χ2n) is 5.51. The lowest BCUT2D eigenvalue weighted by molar-refractivity contribution is -0.121. The van der Waals surface area contributed by atoms with Crippen molar-refractivity contribution in [2.45, 2.75) is 19.4 Å². The lowest BCUT2D eigenvalue weighted by Gasteiger charge is -2.15. The van der Waals surface area contributed by atoms with E-state index in [0.717, 1.165) is 16.5 Å². The van der Waals surface area contributed by atoms with Gasteiger partial charge in [-0.25, -0.2) is 0 Å². The molecule has 0 heterocycles. The van der Waals surface area contributed by atoms with Crippen LogP contribution in [-0.2, 0) is 11.2 Å². The molecular formula is C20H19NO. The van der Waals surface area contributed by atoms with Gasteiger partial charge in [0.25, 0.3) is 0 Å². The number of rotatable bonds is 4. The summed E-state index contributed by atoms with van der Waals surface area (Å²) in [6.07, 6.45) is 0.401. The van der Waals surface area contributed by atoms with Crippen LogP contribution in [0.15, 0.2) is 72.8 Å². The zero-order valence-corrected chi connectivity index (χ0v) is 12.6. The van der Waals surface area contributed by atoms with E-state index in [-0.39, 0.29) is 11.9 Å². The van der Waals surface area contributed by atoms with Crippen LogP contribution in [0, 0.1) is 0 Å². The standard InChI is InChI=1S/C20H19NO/c1-15(16-8-3-2-4-9-16)21-20(22)14-18-12-7-11-17-10-5-6-13-19(17)18/h2-13,15H,14H2,1H3,(H,21,22)/t15-/m1/s1. The molecular weight excluding hydrogens is 270 g/mol. The molecule has 2 nitrogen and oxygen atoms in total. The first kappa shape index (κ1) is 14.3. The number of nitrogens with one attached hydrogen (secondary N) is 1. The highest BCUT2D eigenvalue weighted by atomic mass is 16.1. The second kappa shape index (κ2) is 6.44. The average Bonchev–Trinajstić information content (AvgIpc) is 2.56. The number of amides is 1. The van der Waals surface area contributed by atoms with Gasteiger partial charge in [0.1, 0.15) is 0 Å². The topological polar surface area (TPSA) is 29.1 Å². The first-order valence-corrected chi connectivity index (χ1v) is 7.55. The first-order valence-electron chi connectivity index (χ1n) is 7.55. The lowest BCUT2D eigenvalue weighted by Crippen LogP contribution is -2.28. The van der Waals surface area contributed by atoms with Crippen molar-refractivity contribution >= 4 is 16.7 Å². The van der Waals surface area contributed by atoms with Crippen molar-refractivity contribution in [3.8, 4) is 0 Å². The van der Waals surface area contributed by atoms with Crippen LogP contribution in [-0.4, -0.2) is 5.91 Å². The molecule has 3 aromatic rings. The second-order valence-corrected chi connectivity index (χ2v) is 5.51. The largest absolute Gasteiger partial charge is 0.349 e. The fourth-order valence-electron chi connectivity index (χ4n) is 2.74. The molecule has 0 aromatic heterocycles. The van der Waals surface area contributed by atoms with Crippen LogP contribution in [0.5, 0.6) is 0 Å². The third-order valence-corrected chi connectivity index (χ3v) is 3.91. The van der Waals surface area contributed by atoms with E-state index < -0.39 is 0 Å². The van der Waals surface area contributed by atoms with Gasteiger partial charge < -0.3 is 5.32 Å². The van der Waals surface area contributed by atoms with Gasteiger partial charge >= 0.3 is 0 Å².